The van der Waals surface area contributed by atoms with Crippen LogP contribution in [0.5, 0.6) is 0 Å². The molecule has 0 aliphatic carbocycles. The van der Waals surface area contributed by atoms with E-state index in [-0.39, 0.29) is 12.2 Å². The number of imidazole rings is 1. The molecule has 2 heterocycles. The van der Waals surface area contributed by atoms with E-state index < -0.39 is 47.9 Å². The highest BCUT2D eigenvalue weighted by Gasteiger charge is 2.37. The Balaban J connectivity index is 1.90. The van der Waals surface area contributed by atoms with Crippen molar-refractivity contribution < 1.29 is 24.3 Å². The second kappa shape index (κ2) is 10.3. The molecule has 0 saturated carbocycles. The van der Waals surface area contributed by atoms with Crippen LogP contribution in [0.2, 0.25) is 0 Å². The molecule has 4 atom stereocenters. The zero-order valence-corrected chi connectivity index (χ0v) is 16.9. The van der Waals surface area contributed by atoms with Crippen LogP contribution in [0.1, 0.15) is 25.5 Å². The fraction of sp³-hybridized carbons (Fsp3) is 0.588. The number of carbonyl (C=O) groups excluding carboxylic acids is 3. The van der Waals surface area contributed by atoms with Gasteiger partial charge in [0.1, 0.15) is 18.1 Å². The summed E-state index contributed by atoms with van der Waals surface area (Å²) in [6.45, 7) is 1.77. The fourth-order valence-corrected chi connectivity index (χ4v) is 3.33. The van der Waals surface area contributed by atoms with Crippen LogP contribution in [-0.4, -0.2) is 80.1 Å². The number of nitrogens with one attached hydrogen (secondary N) is 3. The van der Waals surface area contributed by atoms with E-state index in [9.17, 15) is 24.3 Å². The third kappa shape index (κ3) is 5.94. The van der Waals surface area contributed by atoms with Crippen molar-refractivity contribution in [1.29, 1.82) is 0 Å². The molecule has 160 valence electrons. The summed E-state index contributed by atoms with van der Waals surface area (Å²) in [4.78, 5) is 56.5. The highest BCUT2D eigenvalue weighted by Crippen LogP contribution is 2.18. The minimum Gasteiger partial charge on any atom is -0.480 e. The number of likely N-dealkylation sites (tertiary alicyclic amines) is 1. The number of aromatic nitrogens is 2. The minimum absolute atomic E-state index is 0.00653. The summed E-state index contributed by atoms with van der Waals surface area (Å²) in [5.41, 5.74) is 6.52. The molecule has 1 aliphatic rings. The number of rotatable bonds is 9. The van der Waals surface area contributed by atoms with Crippen LogP contribution in [0.15, 0.2) is 12.5 Å². The lowest BCUT2D eigenvalue weighted by atomic mass is 10.1. The summed E-state index contributed by atoms with van der Waals surface area (Å²) in [6, 6.07) is -3.73. The number of carboxylic acid groups (broad SMARTS) is 1. The van der Waals surface area contributed by atoms with Gasteiger partial charge >= 0.3 is 5.97 Å². The third-order valence-corrected chi connectivity index (χ3v) is 5.07. The van der Waals surface area contributed by atoms with Gasteiger partial charge in [-0.25, -0.2) is 9.78 Å². The summed E-state index contributed by atoms with van der Waals surface area (Å²) >= 11 is 4.10. The maximum Gasteiger partial charge on any atom is 0.326 e. The van der Waals surface area contributed by atoms with Crippen molar-refractivity contribution in [2.24, 2.45) is 5.73 Å². The monoisotopic (exact) mass is 426 g/mol. The average molecular weight is 426 g/mol. The normalized spacial score (nSPS) is 19.3. The highest BCUT2D eigenvalue weighted by atomic mass is 32.1. The summed E-state index contributed by atoms with van der Waals surface area (Å²) < 4.78 is 0. The SMILES string of the molecule is CC(NC(=O)C(N)Cc1cnc[nH]1)C(=O)NC(CS)C(=O)N1CCCC1C(=O)O. The van der Waals surface area contributed by atoms with E-state index in [1.54, 1.807) is 6.20 Å². The first kappa shape index (κ1) is 22.7. The lowest BCUT2D eigenvalue weighted by Crippen LogP contribution is -2.57. The predicted molar refractivity (Wildman–Crippen MR) is 106 cm³/mol. The zero-order valence-electron chi connectivity index (χ0n) is 16.0. The Labute approximate surface area is 173 Å². The van der Waals surface area contributed by atoms with Gasteiger partial charge in [-0.3, -0.25) is 14.4 Å². The number of thiol groups is 1. The lowest BCUT2D eigenvalue weighted by Gasteiger charge is -2.27. The summed E-state index contributed by atoms with van der Waals surface area (Å²) in [5.74, 6) is -2.71. The molecule has 4 unspecified atom stereocenters. The number of carbonyl (C=O) groups is 4. The van der Waals surface area contributed by atoms with Crippen LogP contribution in [0.25, 0.3) is 0 Å². The van der Waals surface area contributed by atoms with E-state index in [1.807, 2.05) is 0 Å². The maximum atomic E-state index is 12.6. The molecule has 0 aromatic carbocycles. The van der Waals surface area contributed by atoms with Crippen molar-refractivity contribution in [3.05, 3.63) is 18.2 Å². The fourth-order valence-electron chi connectivity index (χ4n) is 3.08. The van der Waals surface area contributed by atoms with Gasteiger partial charge in [0.15, 0.2) is 0 Å². The molecule has 1 saturated heterocycles. The van der Waals surface area contributed by atoms with Crippen molar-refractivity contribution in [2.45, 2.75) is 50.4 Å². The van der Waals surface area contributed by atoms with Crippen LogP contribution in [-0.2, 0) is 25.6 Å². The molecule has 11 nitrogen and oxygen atoms in total. The van der Waals surface area contributed by atoms with E-state index >= 15 is 0 Å². The van der Waals surface area contributed by atoms with E-state index in [4.69, 9.17) is 5.73 Å². The highest BCUT2D eigenvalue weighted by molar-refractivity contribution is 7.80. The minimum atomic E-state index is -1.08. The molecule has 1 aromatic heterocycles. The molecule has 3 amide bonds. The second-order valence-electron chi connectivity index (χ2n) is 6.89. The third-order valence-electron chi connectivity index (χ3n) is 4.70. The summed E-state index contributed by atoms with van der Waals surface area (Å²) in [5, 5.41) is 14.3. The molecule has 6 N–H and O–H groups in total. The Morgan fingerprint density at radius 3 is 2.69 bits per heavy atom. The molecule has 29 heavy (non-hydrogen) atoms. The Morgan fingerprint density at radius 2 is 2.10 bits per heavy atom. The van der Waals surface area contributed by atoms with Gasteiger partial charge in [0.25, 0.3) is 0 Å². The van der Waals surface area contributed by atoms with Crippen LogP contribution < -0.4 is 16.4 Å². The number of nitrogens with two attached hydrogens (primary N) is 1. The van der Waals surface area contributed by atoms with Crippen molar-refractivity contribution in [1.82, 2.24) is 25.5 Å². The summed E-state index contributed by atoms with van der Waals surface area (Å²) in [7, 11) is 0. The van der Waals surface area contributed by atoms with Crippen molar-refractivity contribution in [3.8, 4) is 0 Å². The van der Waals surface area contributed by atoms with Gasteiger partial charge in [0.05, 0.1) is 12.4 Å². The first-order valence-electron chi connectivity index (χ1n) is 9.22. The topological polar surface area (TPSA) is 171 Å². The van der Waals surface area contributed by atoms with Crippen LogP contribution in [0.4, 0.5) is 0 Å². The van der Waals surface area contributed by atoms with E-state index in [1.165, 1.54) is 18.2 Å². The zero-order chi connectivity index (χ0) is 21.6. The van der Waals surface area contributed by atoms with E-state index in [0.29, 0.717) is 25.1 Å². The number of aliphatic carboxylic acids is 1. The number of aromatic amines is 1. The molecule has 1 fully saturated rings. The lowest BCUT2D eigenvalue weighted by molar-refractivity contribution is -0.149. The molecule has 2 rings (SSSR count). The van der Waals surface area contributed by atoms with Crippen LogP contribution in [0, 0.1) is 0 Å². The molecule has 12 heteroatoms. The van der Waals surface area contributed by atoms with Crippen molar-refractivity contribution >= 4 is 36.3 Å². The largest absolute Gasteiger partial charge is 0.480 e. The number of amides is 3. The quantitative estimate of drug-likeness (QED) is 0.255. The molecule has 0 bridgehead atoms. The van der Waals surface area contributed by atoms with Gasteiger partial charge in [-0.15, -0.1) is 0 Å². The Kier molecular flexibility index (Phi) is 8.02. The Bertz CT molecular complexity index is 743. The molecule has 0 radical (unpaired) electrons. The number of hydrogen-bond acceptors (Lipinski definition) is 7. The number of carboxylic acids is 1. The number of nitrogens with zero attached hydrogens (tertiary/aromatic N) is 2. The maximum absolute atomic E-state index is 12.6. The Hall–Kier alpha value is -2.60. The standard InChI is InChI=1S/C17H26N6O5S/c1-9(21-15(25)11(18)5-10-6-19-8-20-10)14(24)22-12(7-29)16(26)23-4-2-3-13(23)17(27)28/h6,8-9,11-13,29H,2-5,7,18H2,1H3,(H,19,20)(H,21,25)(H,22,24)(H,27,28). The number of hydrogen-bond donors (Lipinski definition) is 6. The van der Waals surface area contributed by atoms with Crippen molar-refractivity contribution in [2.75, 3.05) is 12.3 Å². The molecular weight excluding hydrogens is 400 g/mol. The van der Waals surface area contributed by atoms with Gasteiger partial charge in [0.2, 0.25) is 17.7 Å². The van der Waals surface area contributed by atoms with Gasteiger partial charge in [-0.1, -0.05) is 0 Å². The summed E-state index contributed by atoms with van der Waals surface area (Å²) in [6.07, 6.45) is 4.20. The molecular formula is C17H26N6O5S. The van der Waals surface area contributed by atoms with E-state index in [2.05, 4.69) is 33.2 Å². The van der Waals surface area contributed by atoms with Gasteiger partial charge in [0, 0.05) is 30.6 Å². The van der Waals surface area contributed by atoms with Gasteiger partial charge < -0.3 is 31.4 Å². The van der Waals surface area contributed by atoms with Crippen LogP contribution >= 0.6 is 12.6 Å². The predicted octanol–water partition coefficient (Wildman–Crippen LogP) is -1.73. The molecule has 1 aliphatic heterocycles. The molecule has 0 spiro atoms. The van der Waals surface area contributed by atoms with E-state index in [0.717, 1.165) is 0 Å². The number of H-pyrrole nitrogens is 1. The van der Waals surface area contributed by atoms with Crippen LogP contribution in [0.3, 0.4) is 0 Å². The second-order valence-corrected chi connectivity index (χ2v) is 7.25. The van der Waals surface area contributed by atoms with Gasteiger partial charge in [-0.05, 0) is 19.8 Å². The molecule has 1 aromatic rings. The first-order valence-corrected chi connectivity index (χ1v) is 9.85. The smallest absolute Gasteiger partial charge is 0.326 e. The Morgan fingerprint density at radius 1 is 1.38 bits per heavy atom. The first-order chi connectivity index (χ1) is 13.7. The van der Waals surface area contributed by atoms with Gasteiger partial charge in [-0.2, -0.15) is 12.6 Å². The van der Waals surface area contributed by atoms with Crippen molar-refractivity contribution in [3.63, 3.8) is 0 Å². The average Bonchev–Trinajstić information content (AvgIpc) is 3.36.